The zero-order valence-corrected chi connectivity index (χ0v) is 17.7. The third-order valence-electron chi connectivity index (χ3n) is 6.95. The Morgan fingerprint density at radius 1 is 1.23 bits per heavy atom. The van der Waals surface area contributed by atoms with Gasteiger partial charge < -0.3 is 15.0 Å². The van der Waals surface area contributed by atoms with Crippen LogP contribution in [-0.2, 0) is 16.0 Å². The summed E-state index contributed by atoms with van der Waals surface area (Å²) in [7, 11) is 0. The molecule has 3 aliphatic rings. The molecule has 0 spiro atoms. The topological polar surface area (TPSA) is 84.7 Å². The highest BCUT2D eigenvalue weighted by Gasteiger charge is 2.43. The molecule has 2 aromatic rings. The van der Waals surface area contributed by atoms with Gasteiger partial charge in [-0.1, -0.05) is 0 Å². The summed E-state index contributed by atoms with van der Waals surface area (Å²) in [5.41, 5.74) is 1.20. The molecule has 3 heterocycles. The number of aryl methyl sites for hydroxylation is 1. The van der Waals surface area contributed by atoms with E-state index < -0.39 is 0 Å². The standard InChI is InChI=1S/C22H32N6O2/c1-15(29)26-20-7-18-11-27(12-19(18)8-21(20)30-13-16-4-5-16)6-2-3-17-9-23-22-24-14-25-28(22)10-17/h9-10,14,16,18-21H,2-8,11-13H2,1H3,(H,26,29)/t18-,19+,20-,21-/m1/s1. The molecule has 5 rings (SSSR count). The fourth-order valence-electron chi connectivity index (χ4n) is 5.23. The summed E-state index contributed by atoms with van der Waals surface area (Å²) in [5.74, 6) is 2.82. The minimum Gasteiger partial charge on any atom is -0.376 e. The van der Waals surface area contributed by atoms with Crippen molar-refractivity contribution in [3.63, 3.8) is 0 Å². The Bertz CT molecular complexity index is 881. The molecular weight excluding hydrogens is 380 g/mol. The van der Waals surface area contributed by atoms with Gasteiger partial charge in [0.25, 0.3) is 5.78 Å². The van der Waals surface area contributed by atoms with Crippen LogP contribution in [0, 0.1) is 17.8 Å². The monoisotopic (exact) mass is 412 g/mol. The highest BCUT2D eigenvalue weighted by Crippen LogP contribution is 2.39. The molecule has 4 atom stereocenters. The number of rotatable bonds is 8. The number of nitrogens with one attached hydrogen (secondary N) is 1. The SMILES string of the molecule is CC(=O)N[C@@H]1C[C@@H]2CN(CCCc3cnc4ncnn4c3)C[C@@H]2C[C@H]1OCC1CC1. The van der Waals surface area contributed by atoms with Crippen molar-refractivity contribution in [1.29, 1.82) is 0 Å². The summed E-state index contributed by atoms with van der Waals surface area (Å²) >= 11 is 0. The van der Waals surface area contributed by atoms with Crippen LogP contribution in [-0.4, -0.2) is 68.8 Å². The summed E-state index contributed by atoms with van der Waals surface area (Å²) in [6.45, 7) is 5.88. The number of aromatic nitrogens is 4. The number of carbonyl (C=O) groups is 1. The molecule has 0 aromatic carbocycles. The third kappa shape index (κ3) is 4.64. The van der Waals surface area contributed by atoms with Gasteiger partial charge in [0.2, 0.25) is 5.91 Å². The first-order valence-corrected chi connectivity index (χ1v) is 11.4. The van der Waals surface area contributed by atoms with Gasteiger partial charge in [-0.3, -0.25) is 4.79 Å². The Balaban J connectivity index is 1.13. The first kappa shape index (κ1) is 19.9. The van der Waals surface area contributed by atoms with Crippen molar-refractivity contribution in [2.24, 2.45) is 17.8 Å². The van der Waals surface area contributed by atoms with Gasteiger partial charge in [0.15, 0.2) is 0 Å². The van der Waals surface area contributed by atoms with Crippen molar-refractivity contribution in [3.05, 3.63) is 24.3 Å². The second kappa shape index (κ2) is 8.59. The Morgan fingerprint density at radius 2 is 2.07 bits per heavy atom. The third-order valence-corrected chi connectivity index (χ3v) is 6.95. The van der Waals surface area contributed by atoms with Crippen molar-refractivity contribution in [3.8, 4) is 0 Å². The van der Waals surface area contributed by atoms with E-state index in [1.807, 2.05) is 12.4 Å². The van der Waals surface area contributed by atoms with E-state index >= 15 is 0 Å². The van der Waals surface area contributed by atoms with E-state index in [0.717, 1.165) is 57.8 Å². The van der Waals surface area contributed by atoms with Crippen molar-refractivity contribution in [2.75, 3.05) is 26.2 Å². The molecule has 1 saturated heterocycles. The van der Waals surface area contributed by atoms with Gasteiger partial charge in [0.05, 0.1) is 12.1 Å². The fourth-order valence-corrected chi connectivity index (χ4v) is 5.23. The molecule has 2 saturated carbocycles. The summed E-state index contributed by atoms with van der Waals surface area (Å²) < 4.78 is 8.02. The summed E-state index contributed by atoms with van der Waals surface area (Å²) in [6.07, 6.45) is 12.5. The molecule has 0 bridgehead atoms. The number of likely N-dealkylation sites (tertiary alicyclic amines) is 1. The zero-order chi connectivity index (χ0) is 20.5. The molecule has 0 radical (unpaired) electrons. The van der Waals surface area contributed by atoms with E-state index in [1.54, 1.807) is 11.4 Å². The molecule has 162 valence electrons. The fraction of sp³-hybridized carbons (Fsp3) is 0.727. The number of amides is 1. The van der Waals surface area contributed by atoms with Crippen LogP contribution >= 0.6 is 0 Å². The highest BCUT2D eigenvalue weighted by molar-refractivity contribution is 5.73. The van der Waals surface area contributed by atoms with Crippen molar-refractivity contribution < 1.29 is 9.53 Å². The average Bonchev–Trinajstić information content (AvgIpc) is 3.28. The molecule has 1 amide bonds. The predicted molar refractivity (Wildman–Crippen MR) is 112 cm³/mol. The average molecular weight is 413 g/mol. The Hall–Kier alpha value is -2.06. The lowest BCUT2D eigenvalue weighted by Gasteiger charge is -2.38. The highest BCUT2D eigenvalue weighted by atomic mass is 16.5. The normalized spacial score (nSPS) is 29.2. The molecule has 0 unspecified atom stereocenters. The minimum atomic E-state index is 0.0614. The smallest absolute Gasteiger partial charge is 0.252 e. The molecule has 30 heavy (non-hydrogen) atoms. The largest absolute Gasteiger partial charge is 0.376 e. The van der Waals surface area contributed by atoms with Crippen LogP contribution in [0.5, 0.6) is 0 Å². The van der Waals surface area contributed by atoms with Gasteiger partial charge in [0.1, 0.15) is 6.33 Å². The van der Waals surface area contributed by atoms with Crippen LogP contribution in [0.4, 0.5) is 0 Å². The molecule has 1 aliphatic heterocycles. The molecular formula is C22H32N6O2. The maximum absolute atomic E-state index is 11.7. The van der Waals surface area contributed by atoms with E-state index in [1.165, 1.54) is 24.7 Å². The van der Waals surface area contributed by atoms with Gasteiger partial charge in [-0.2, -0.15) is 10.1 Å². The number of ether oxygens (including phenoxy) is 1. The summed E-state index contributed by atoms with van der Waals surface area (Å²) in [5, 5.41) is 7.35. The van der Waals surface area contributed by atoms with Crippen LogP contribution in [0.25, 0.3) is 5.78 Å². The van der Waals surface area contributed by atoms with Gasteiger partial charge in [-0.15, -0.1) is 0 Å². The molecule has 8 heteroatoms. The summed E-state index contributed by atoms with van der Waals surface area (Å²) in [6, 6.07) is 0.169. The molecule has 8 nitrogen and oxygen atoms in total. The number of hydrogen-bond acceptors (Lipinski definition) is 6. The molecule has 1 N–H and O–H groups in total. The molecule has 3 fully saturated rings. The molecule has 2 aromatic heterocycles. The van der Waals surface area contributed by atoms with E-state index in [4.69, 9.17) is 4.74 Å². The predicted octanol–water partition coefficient (Wildman–Crippen LogP) is 1.70. The lowest BCUT2D eigenvalue weighted by Crippen LogP contribution is -2.50. The van der Waals surface area contributed by atoms with Crippen molar-refractivity contribution >= 4 is 11.7 Å². The second-order valence-corrected chi connectivity index (χ2v) is 9.44. The van der Waals surface area contributed by atoms with Gasteiger partial charge >= 0.3 is 0 Å². The maximum atomic E-state index is 11.7. The zero-order valence-electron chi connectivity index (χ0n) is 17.7. The Labute approximate surface area is 177 Å². The van der Waals surface area contributed by atoms with Crippen LogP contribution in [0.15, 0.2) is 18.7 Å². The lowest BCUT2D eigenvalue weighted by molar-refractivity contribution is -0.122. The van der Waals surface area contributed by atoms with E-state index in [0.29, 0.717) is 17.6 Å². The van der Waals surface area contributed by atoms with Crippen molar-refractivity contribution in [2.45, 2.75) is 57.6 Å². The number of carbonyl (C=O) groups excluding carboxylic acids is 1. The number of hydrogen-bond donors (Lipinski definition) is 1. The van der Waals surface area contributed by atoms with E-state index in [9.17, 15) is 4.79 Å². The van der Waals surface area contributed by atoms with Gasteiger partial charge in [-0.05, 0) is 68.4 Å². The Kier molecular flexibility index (Phi) is 5.69. The van der Waals surface area contributed by atoms with Gasteiger partial charge in [-0.25, -0.2) is 9.50 Å². The lowest BCUT2D eigenvalue weighted by atomic mass is 9.77. The first-order valence-electron chi connectivity index (χ1n) is 11.4. The maximum Gasteiger partial charge on any atom is 0.252 e. The van der Waals surface area contributed by atoms with Crippen LogP contribution in [0.1, 0.15) is 44.6 Å². The second-order valence-electron chi connectivity index (χ2n) is 9.44. The van der Waals surface area contributed by atoms with Crippen LogP contribution < -0.4 is 5.32 Å². The number of fused-ring (bicyclic) bond motifs is 2. The number of nitrogens with zero attached hydrogens (tertiary/aromatic N) is 5. The minimum absolute atomic E-state index is 0.0614. The van der Waals surface area contributed by atoms with E-state index in [-0.39, 0.29) is 18.1 Å². The summed E-state index contributed by atoms with van der Waals surface area (Å²) in [4.78, 5) is 22.8. The molecule has 2 aliphatic carbocycles. The van der Waals surface area contributed by atoms with Crippen LogP contribution in [0.2, 0.25) is 0 Å². The van der Waals surface area contributed by atoms with Crippen molar-refractivity contribution in [1.82, 2.24) is 29.8 Å². The van der Waals surface area contributed by atoms with Crippen LogP contribution in [0.3, 0.4) is 0 Å². The quantitative estimate of drug-likeness (QED) is 0.710. The first-order chi connectivity index (χ1) is 14.6. The van der Waals surface area contributed by atoms with Gasteiger partial charge in [0, 0.05) is 39.0 Å². The Morgan fingerprint density at radius 3 is 2.87 bits per heavy atom. The van der Waals surface area contributed by atoms with E-state index in [2.05, 4.69) is 25.3 Å².